The van der Waals surface area contributed by atoms with E-state index in [1.54, 1.807) is 0 Å². The second-order valence-electron chi connectivity index (χ2n) is 5.13. The highest BCUT2D eigenvalue weighted by atomic mass is 35.5. The lowest BCUT2D eigenvalue weighted by molar-refractivity contribution is -0.121. The van der Waals surface area contributed by atoms with Crippen molar-refractivity contribution in [2.24, 2.45) is 5.92 Å². The summed E-state index contributed by atoms with van der Waals surface area (Å²) in [6.45, 7) is 10.7. The van der Waals surface area contributed by atoms with Crippen LogP contribution in [-0.4, -0.2) is 50.1 Å². The maximum Gasteiger partial charge on any atom is 0.220 e. The number of nitrogens with zero attached hydrogens (tertiary/aromatic N) is 1. The van der Waals surface area contributed by atoms with Gasteiger partial charge in [0, 0.05) is 13.0 Å². The Balaban J connectivity index is 0. The normalized spacial score (nSPS) is 17.4. The van der Waals surface area contributed by atoms with Crippen molar-refractivity contribution in [3.05, 3.63) is 0 Å². The minimum atomic E-state index is 0. The van der Waals surface area contributed by atoms with Crippen molar-refractivity contribution in [3.8, 4) is 0 Å². The highest BCUT2D eigenvalue weighted by Crippen LogP contribution is 2.13. The van der Waals surface area contributed by atoms with Crippen molar-refractivity contribution in [2.45, 2.75) is 39.5 Å². The lowest BCUT2D eigenvalue weighted by Crippen LogP contribution is -2.30. The van der Waals surface area contributed by atoms with E-state index >= 15 is 0 Å². The topological polar surface area (TPSA) is 44.4 Å². The van der Waals surface area contributed by atoms with Crippen molar-refractivity contribution in [3.63, 3.8) is 0 Å². The fraction of sp³-hybridized carbons (Fsp3) is 0.929. The monoisotopic (exact) mass is 327 g/mol. The molecule has 0 saturated carbocycles. The largest absolute Gasteiger partial charge is 0.356 e. The van der Waals surface area contributed by atoms with Crippen LogP contribution in [0.15, 0.2) is 0 Å². The van der Waals surface area contributed by atoms with Crippen LogP contribution in [0.5, 0.6) is 0 Å². The molecule has 0 bridgehead atoms. The first kappa shape index (κ1) is 22.3. The van der Waals surface area contributed by atoms with Gasteiger partial charge in [0.05, 0.1) is 0 Å². The molecule has 0 spiro atoms. The van der Waals surface area contributed by atoms with Crippen LogP contribution in [0, 0.1) is 5.92 Å². The van der Waals surface area contributed by atoms with Crippen molar-refractivity contribution >= 4 is 30.7 Å². The Morgan fingerprint density at radius 1 is 1.30 bits per heavy atom. The fourth-order valence-electron chi connectivity index (χ4n) is 2.45. The summed E-state index contributed by atoms with van der Waals surface area (Å²) in [6, 6.07) is 0. The minimum absolute atomic E-state index is 0. The predicted molar refractivity (Wildman–Crippen MR) is 90.1 cm³/mol. The molecule has 1 atom stereocenters. The molecule has 2 N–H and O–H groups in total. The van der Waals surface area contributed by atoms with Gasteiger partial charge >= 0.3 is 0 Å². The standard InChI is InChI=1S/C14H29N3O.2ClH/c1-3-17(4-2)11-5-9-16-14(18)7-6-13-8-10-15-12-13;;/h13,15H,3-12H2,1-2H3,(H,16,18);2*1H. The quantitative estimate of drug-likeness (QED) is 0.637. The number of carbonyl (C=O) groups is 1. The zero-order valence-corrected chi connectivity index (χ0v) is 14.5. The van der Waals surface area contributed by atoms with Gasteiger partial charge in [0.2, 0.25) is 5.91 Å². The first-order valence-electron chi connectivity index (χ1n) is 7.46. The molecule has 0 aliphatic carbocycles. The summed E-state index contributed by atoms with van der Waals surface area (Å²) in [6.07, 6.45) is 4.01. The molecule has 1 saturated heterocycles. The van der Waals surface area contributed by atoms with E-state index in [1.165, 1.54) is 6.42 Å². The van der Waals surface area contributed by atoms with E-state index in [9.17, 15) is 4.79 Å². The van der Waals surface area contributed by atoms with Crippen LogP contribution < -0.4 is 10.6 Å². The van der Waals surface area contributed by atoms with Crippen LogP contribution in [0.25, 0.3) is 0 Å². The third-order valence-corrected chi connectivity index (χ3v) is 3.81. The predicted octanol–water partition coefficient (Wildman–Crippen LogP) is 2.07. The van der Waals surface area contributed by atoms with Gasteiger partial charge in [-0.05, 0) is 57.9 Å². The van der Waals surface area contributed by atoms with E-state index in [1.807, 2.05) is 0 Å². The van der Waals surface area contributed by atoms with Gasteiger partial charge in [-0.3, -0.25) is 4.79 Å². The van der Waals surface area contributed by atoms with Gasteiger partial charge in [0.15, 0.2) is 0 Å². The van der Waals surface area contributed by atoms with E-state index < -0.39 is 0 Å². The zero-order valence-electron chi connectivity index (χ0n) is 12.8. The number of carbonyl (C=O) groups excluding carboxylic acids is 1. The molecule has 1 aliphatic rings. The molecule has 6 heteroatoms. The van der Waals surface area contributed by atoms with E-state index in [4.69, 9.17) is 0 Å². The Hall–Kier alpha value is -0.0300. The van der Waals surface area contributed by atoms with Gasteiger partial charge in [-0.25, -0.2) is 0 Å². The van der Waals surface area contributed by atoms with Crippen LogP contribution in [0.1, 0.15) is 39.5 Å². The summed E-state index contributed by atoms with van der Waals surface area (Å²) in [4.78, 5) is 14.0. The van der Waals surface area contributed by atoms with Crippen LogP contribution >= 0.6 is 24.8 Å². The number of hydrogen-bond acceptors (Lipinski definition) is 3. The van der Waals surface area contributed by atoms with Crippen LogP contribution in [-0.2, 0) is 4.79 Å². The minimum Gasteiger partial charge on any atom is -0.356 e. The SMILES string of the molecule is CCN(CC)CCCNC(=O)CCC1CCNC1.Cl.Cl. The number of hydrogen-bond donors (Lipinski definition) is 2. The third-order valence-electron chi connectivity index (χ3n) is 3.81. The van der Waals surface area contributed by atoms with Crippen LogP contribution in [0.2, 0.25) is 0 Å². The Morgan fingerprint density at radius 2 is 2.00 bits per heavy atom. The average Bonchev–Trinajstić information content (AvgIpc) is 2.90. The molecule has 0 aromatic carbocycles. The number of halogens is 2. The molecule has 1 fully saturated rings. The number of nitrogens with one attached hydrogen (secondary N) is 2. The van der Waals surface area contributed by atoms with E-state index in [0.29, 0.717) is 12.3 Å². The second-order valence-corrected chi connectivity index (χ2v) is 5.13. The van der Waals surface area contributed by atoms with E-state index in [0.717, 1.165) is 52.1 Å². The smallest absolute Gasteiger partial charge is 0.220 e. The van der Waals surface area contributed by atoms with Crippen molar-refractivity contribution in [1.82, 2.24) is 15.5 Å². The Morgan fingerprint density at radius 3 is 2.55 bits per heavy atom. The maximum absolute atomic E-state index is 11.6. The zero-order chi connectivity index (χ0) is 13.2. The highest BCUT2D eigenvalue weighted by Gasteiger charge is 2.15. The molecule has 20 heavy (non-hydrogen) atoms. The van der Waals surface area contributed by atoms with E-state index in [-0.39, 0.29) is 30.7 Å². The van der Waals surface area contributed by atoms with Crippen molar-refractivity contribution < 1.29 is 4.79 Å². The lowest BCUT2D eigenvalue weighted by atomic mass is 10.0. The molecule has 1 unspecified atom stereocenters. The summed E-state index contributed by atoms with van der Waals surface area (Å²) in [7, 11) is 0. The average molecular weight is 328 g/mol. The highest BCUT2D eigenvalue weighted by molar-refractivity contribution is 5.85. The van der Waals surface area contributed by atoms with Gasteiger partial charge < -0.3 is 15.5 Å². The van der Waals surface area contributed by atoms with Gasteiger partial charge in [0.1, 0.15) is 0 Å². The molecular formula is C14H31Cl2N3O. The Labute approximate surface area is 136 Å². The maximum atomic E-state index is 11.6. The summed E-state index contributed by atoms with van der Waals surface area (Å²) in [5, 5.41) is 6.36. The molecule has 1 heterocycles. The van der Waals surface area contributed by atoms with Crippen molar-refractivity contribution in [1.29, 1.82) is 0 Å². The summed E-state index contributed by atoms with van der Waals surface area (Å²) in [5.41, 5.74) is 0. The molecular weight excluding hydrogens is 297 g/mol. The molecule has 1 rings (SSSR count). The van der Waals surface area contributed by atoms with Gasteiger partial charge in [-0.1, -0.05) is 13.8 Å². The van der Waals surface area contributed by atoms with Crippen LogP contribution in [0.3, 0.4) is 0 Å². The molecule has 0 aromatic rings. The Bertz CT molecular complexity index is 232. The van der Waals surface area contributed by atoms with Gasteiger partial charge in [0.25, 0.3) is 0 Å². The van der Waals surface area contributed by atoms with Crippen LogP contribution in [0.4, 0.5) is 0 Å². The van der Waals surface area contributed by atoms with E-state index in [2.05, 4.69) is 29.4 Å². The van der Waals surface area contributed by atoms with Crippen molar-refractivity contribution in [2.75, 3.05) is 39.3 Å². The number of rotatable bonds is 9. The third kappa shape index (κ3) is 9.81. The first-order chi connectivity index (χ1) is 8.76. The summed E-state index contributed by atoms with van der Waals surface area (Å²) >= 11 is 0. The lowest BCUT2D eigenvalue weighted by Gasteiger charge is -2.17. The molecule has 1 amide bonds. The Kier molecular flexibility index (Phi) is 15.5. The molecule has 1 aliphatic heterocycles. The molecule has 4 nitrogen and oxygen atoms in total. The summed E-state index contributed by atoms with van der Waals surface area (Å²) < 4.78 is 0. The summed E-state index contributed by atoms with van der Waals surface area (Å²) in [5.74, 6) is 0.938. The molecule has 0 radical (unpaired) electrons. The first-order valence-corrected chi connectivity index (χ1v) is 7.46. The molecule has 0 aromatic heterocycles. The number of amides is 1. The van der Waals surface area contributed by atoms with Gasteiger partial charge in [-0.15, -0.1) is 24.8 Å². The van der Waals surface area contributed by atoms with Gasteiger partial charge in [-0.2, -0.15) is 0 Å². The molecule has 122 valence electrons. The fourth-order valence-corrected chi connectivity index (χ4v) is 2.45. The second kappa shape index (κ2) is 13.9.